The number of hydrogen-bond donors (Lipinski definition) is 1. The van der Waals surface area contributed by atoms with Gasteiger partial charge in [-0.25, -0.2) is 4.39 Å². The average molecular weight is 380 g/mol. The lowest BCUT2D eigenvalue weighted by Gasteiger charge is -2.19. The van der Waals surface area contributed by atoms with Crippen molar-refractivity contribution in [2.24, 2.45) is 10.4 Å². The zero-order chi connectivity index (χ0) is 21.4. The Hall–Kier alpha value is -1.55. The molecule has 0 spiro atoms. The lowest BCUT2D eigenvalue weighted by Crippen LogP contribution is -2.17. The highest BCUT2D eigenvalue weighted by Crippen LogP contribution is 2.29. The van der Waals surface area contributed by atoms with E-state index in [2.05, 4.69) is 32.7 Å². The fraction of sp³-hybridized carbons (Fsp3) is 0.652. The second-order valence-electron chi connectivity index (χ2n) is 8.90. The Morgan fingerprint density at radius 1 is 1.15 bits per heavy atom. The summed E-state index contributed by atoms with van der Waals surface area (Å²) in [4.78, 5) is 15.3. The topological polar surface area (TPSA) is 49.7 Å². The van der Waals surface area contributed by atoms with Gasteiger partial charge < -0.3 is 5.11 Å². The van der Waals surface area contributed by atoms with E-state index in [9.17, 15) is 14.3 Å². The number of aliphatic imine (C=N–C) groups is 1. The minimum atomic E-state index is -1.17. The Morgan fingerprint density at radius 2 is 1.70 bits per heavy atom. The predicted molar refractivity (Wildman–Crippen MR) is 113 cm³/mol. The third-order valence-electron chi connectivity index (χ3n) is 3.99. The van der Waals surface area contributed by atoms with E-state index in [0.29, 0.717) is 29.9 Å². The molecule has 0 saturated heterocycles. The number of carbonyl (C=O) groups is 1. The normalized spacial score (nSPS) is 12.5. The van der Waals surface area contributed by atoms with Crippen LogP contribution in [-0.2, 0) is 10.4 Å². The standard InChI is InChI=1S/C15H22FNO.C8H16O/c1-6-7-11(3)17-14-9-13(16)12(8-10(14)2)15(4,5)18;1-5-7(9)6-8(2,3)4/h8-9,18H,6-7H2,1-5H3;5-6H2,1-4H3. The van der Waals surface area contributed by atoms with E-state index in [0.717, 1.165) is 24.1 Å². The van der Waals surface area contributed by atoms with Crippen molar-refractivity contribution >= 4 is 17.2 Å². The summed E-state index contributed by atoms with van der Waals surface area (Å²) in [6.07, 6.45) is 3.33. The van der Waals surface area contributed by atoms with Crippen molar-refractivity contribution in [1.82, 2.24) is 0 Å². The summed E-state index contributed by atoms with van der Waals surface area (Å²) in [5.74, 6) is -0.0429. The van der Waals surface area contributed by atoms with Crippen LogP contribution in [0.2, 0.25) is 0 Å². The largest absolute Gasteiger partial charge is 0.386 e. The predicted octanol–water partition coefficient (Wildman–Crippen LogP) is 6.66. The number of rotatable bonds is 6. The molecule has 0 saturated carbocycles. The summed E-state index contributed by atoms with van der Waals surface area (Å²) in [6, 6.07) is 3.08. The third-order valence-corrected chi connectivity index (χ3v) is 3.99. The smallest absolute Gasteiger partial charge is 0.133 e. The first-order valence-electron chi connectivity index (χ1n) is 9.80. The van der Waals surface area contributed by atoms with Crippen LogP contribution in [0.25, 0.3) is 0 Å². The fourth-order valence-electron chi connectivity index (χ4n) is 2.60. The zero-order valence-corrected chi connectivity index (χ0v) is 18.7. The van der Waals surface area contributed by atoms with Gasteiger partial charge in [-0.05, 0) is 51.2 Å². The first kappa shape index (κ1) is 25.4. The van der Waals surface area contributed by atoms with E-state index in [4.69, 9.17) is 0 Å². The van der Waals surface area contributed by atoms with Crippen LogP contribution in [0.15, 0.2) is 17.1 Å². The summed E-state index contributed by atoms with van der Waals surface area (Å²) in [6.45, 7) is 17.2. The van der Waals surface area contributed by atoms with Gasteiger partial charge in [-0.2, -0.15) is 0 Å². The second kappa shape index (κ2) is 10.7. The molecule has 0 aliphatic carbocycles. The molecule has 0 amide bonds. The molecule has 0 aliphatic heterocycles. The average Bonchev–Trinajstić information content (AvgIpc) is 2.48. The van der Waals surface area contributed by atoms with Crippen LogP contribution in [0.5, 0.6) is 0 Å². The minimum Gasteiger partial charge on any atom is -0.386 e. The molecule has 3 nitrogen and oxygen atoms in total. The van der Waals surface area contributed by atoms with Crippen molar-refractivity contribution in [1.29, 1.82) is 0 Å². The van der Waals surface area contributed by atoms with Crippen molar-refractivity contribution in [2.45, 2.75) is 93.6 Å². The SMILES string of the molecule is CCC(=O)CC(C)(C)C.CCCC(C)=Nc1cc(F)c(C(C)(C)O)cc1C. The van der Waals surface area contributed by atoms with Gasteiger partial charge in [-0.15, -0.1) is 0 Å². The first-order valence-corrected chi connectivity index (χ1v) is 9.80. The van der Waals surface area contributed by atoms with E-state index in [-0.39, 0.29) is 5.41 Å². The van der Waals surface area contributed by atoms with Crippen LogP contribution in [0.3, 0.4) is 0 Å². The van der Waals surface area contributed by atoms with E-state index < -0.39 is 11.4 Å². The molecule has 0 fully saturated rings. The number of aryl methyl sites for hydroxylation is 1. The lowest BCUT2D eigenvalue weighted by molar-refractivity contribution is -0.120. The minimum absolute atomic E-state index is 0.174. The Kier molecular flexibility index (Phi) is 10.1. The monoisotopic (exact) mass is 379 g/mol. The second-order valence-corrected chi connectivity index (χ2v) is 8.90. The van der Waals surface area contributed by atoms with E-state index >= 15 is 0 Å². The number of hydrogen-bond acceptors (Lipinski definition) is 3. The van der Waals surface area contributed by atoms with Crippen LogP contribution in [-0.4, -0.2) is 16.6 Å². The van der Waals surface area contributed by atoms with Crippen molar-refractivity contribution < 1.29 is 14.3 Å². The van der Waals surface area contributed by atoms with E-state index in [1.54, 1.807) is 19.9 Å². The molecule has 0 unspecified atom stereocenters. The van der Waals surface area contributed by atoms with Gasteiger partial charge >= 0.3 is 0 Å². The van der Waals surface area contributed by atoms with E-state index in [1.807, 2.05) is 20.8 Å². The van der Waals surface area contributed by atoms with Crippen molar-refractivity contribution in [3.63, 3.8) is 0 Å². The maximum atomic E-state index is 13.9. The number of benzene rings is 1. The zero-order valence-electron chi connectivity index (χ0n) is 18.7. The molecule has 1 N–H and O–H groups in total. The van der Waals surface area contributed by atoms with Gasteiger partial charge in [-0.1, -0.05) is 41.0 Å². The maximum Gasteiger partial charge on any atom is 0.133 e. The summed E-state index contributed by atoms with van der Waals surface area (Å²) in [5.41, 5.74) is 1.83. The molecular weight excluding hydrogens is 341 g/mol. The highest BCUT2D eigenvalue weighted by molar-refractivity contribution is 5.84. The molecule has 4 heteroatoms. The summed E-state index contributed by atoms with van der Waals surface area (Å²) in [7, 11) is 0. The highest BCUT2D eigenvalue weighted by atomic mass is 19.1. The Labute approximate surface area is 165 Å². The molecule has 0 heterocycles. The fourth-order valence-corrected chi connectivity index (χ4v) is 2.60. The van der Waals surface area contributed by atoms with Gasteiger partial charge in [0.15, 0.2) is 0 Å². The van der Waals surface area contributed by atoms with Gasteiger partial charge in [0.2, 0.25) is 0 Å². The van der Waals surface area contributed by atoms with Crippen LogP contribution in [0, 0.1) is 18.2 Å². The molecule has 0 aliphatic rings. The van der Waals surface area contributed by atoms with Gasteiger partial charge in [0.25, 0.3) is 0 Å². The Balaban J connectivity index is 0.000000636. The van der Waals surface area contributed by atoms with Gasteiger partial charge in [0.05, 0.1) is 11.3 Å². The summed E-state index contributed by atoms with van der Waals surface area (Å²) >= 11 is 0. The molecule has 0 aromatic heterocycles. The number of halogens is 1. The maximum absolute atomic E-state index is 13.9. The van der Waals surface area contributed by atoms with Gasteiger partial charge in [0, 0.05) is 30.2 Å². The quantitative estimate of drug-likeness (QED) is 0.562. The number of Topliss-reactive ketones (excluding diaryl/α,β-unsaturated/α-hetero) is 1. The van der Waals surface area contributed by atoms with Crippen molar-refractivity contribution in [3.8, 4) is 0 Å². The number of aliphatic hydroxyl groups is 1. The van der Waals surface area contributed by atoms with Gasteiger partial charge in [-0.3, -0.25) is 9.79 Å². The Morgan fingerprint density at radius 3 is 2.07 bits per heavy atom. The molecule has 1 aromatic rings. The lowest BCUT2D eigenvalue weighted by atomic mass is 9.89. The summed E-state index contributed by atoms with van der Waals surface area (Å²) in [5, 5.41) is 9.88. The number of carbonyl (C=O) groups excluding carboxylic acids is 1. The molecule has 0 atom stereocenters. The van der Waals surface area contributed by atoms with E-state index in [1.165, 1.54) is 6.07 Å². The van der Waals surface area contributed by atoms with Crippen LogP contribution in [0.4, 0.5) is 10.1 Å². The highest BCUT2D eigenvalue weighted by Gasteiger charge is 2.21. The first-order chi connectivity index (χ1) is 12.2. The molecular formula is C23H38FNO2. The summed E-state index contributed by atoms with van der Waals surface area (Å²) < 4.78 is 13.9. The van der Waals surface area contributed by atoms with Gasteiger partial charge in [0.1, 0.15) is 11.6 Å². The third kappa shape index (κ3) is 10.4. The molecule has 1 aromatic carbocycles. The van der Waals surface area contributed by atoms with Crippen LogP contribution in [0.1, 0.15) is 92.2 Å². The van der Waals surface area contributed by atoms with Crippen LogP contribution < -0.4 is 0 Å². The molecule has 0 bridgehead atoms. The molecule has 1 rings (SSSR count). The number of nitrogens with zero attached hydrogens (tertiary/aromatic N) is 1. The Bertz CT molecular complexity index is 650. The molecule has 27 heavy (non-hydrogen) atoms. The van der Waals surface area contributed by atoms with Crippen LogP contribution >= 0.6 is 0 Å². The number of ketones is 1. The molecule has 0 radical (unpaired) electrons. The van der Waals surface area contributed by atoms with Crippen molar-refractivity contribution in [3.05, 3.63) is 29.1 Å². The molecule has 154 valence electrons. The van der Waals surface area contributed by atoms with Crippen molar-refractivity contribution in [2.75, 3.05) is 0 Å².